The molecule has 0 bridgehead atoms. The predicted molar refractivity (Wildman–Crippen MR) is 82.6 cm³/mol. The maximum atomic E-state index is 4.35. The molecule has 0 atom stereocenters. The molecule has 3 rings (SSSR count). The van der Waals surface area contributed by atoms with Crippen LogP contribution in [0.15, 0.2) is 35.3 Å². The summed E-state index contributed by atoms with van der Waals surface area (Å²) in [7, 11) is 0. The molecule has 1 aliphatic heterocycles. The second-order valence-electron chi connectivity index (χ2n) is 4.82. The number of hydrogen-bond acceptors (Lipinski definition) is 4. The lowest BCUT2D eigenvalue weighted by atomic mass is 10.2. The molecule has 0 spiro atoms. The molecule has 0 unspecified atom stereocenters. The second-order valence-corrected chi connectivity index (χ2v) is 4.82. The van der Waals surface area contributed by atoms with Crippen LogP contribution in [-0.2, 0) is 0 Å². The monoisotopic (exact) mass is 280 g/mol. The van der Waals surface area contributed by atoms with E-state index in [0.717, 1.165) is 27.6 Å². The van der Waals surface area contributed by atoms with E-state index in [1.54, 1.807) is 0 Å². The molecule has 6 heteroatoms. The fourth-order valence-electron chi connectivity index (χ4n) is 2.11. The fraction of sp³-hybridized carbons (Fsp3) is 0.133. The molecule has 2 heterocycles. The summed E-state index contributed by atoms with van der Waals surface area (Å²) in [4.78, 5) is 12.9. The smallest absolute Gasteiger partial charge is 0.253 e. The molecule has 21 heavy (non-hydrogen) atoms. The third-order valence-corrected chi connectivity index (χ3v) is 3.02. The summed E-state index contributed by atoms with van der Waals surface area (Å²) in [6.07, 6.45) is 0. The summed E-state index contributed by atoms with van der Waals surface area (Å²) in [5, 5.41) is 5.07. The van der Waals surface area contributed by atoms with Crippen LogP contribution in [0.5, 0.6) is 0 Å². The Labute approximate surface area is 122 Å². The van der Waals surface area contributed by atoms with E-state index in [1.165, 1.54) is 0 Å². The van der Waals surface area contributed by atoms with E-state index in [0.29, 0.717) is 11.9 Å². The predicted octanol–water partition coefficient (Wildman–Crippen LogP) is -0.0455. The highest BCUT2D eigenvalue weighted by atomic mass is 15.5. The van der Waals surface area contributed by atoms with Crippen LogP contribution < -0.4 is 26.6 Å². The van der Waals surface area contributed by atoms with E-state index in [4.69, 9.17) is 0 Å². The number of hydrogen-bond donors (Lipinski definition) is 3. The van der Waals surface area contributed by atoms with Crippen molar-refractivity contribution in [2.45, 2.75) is 13.8 Å². The maximum absolute atomic E-state index is 4.35. The van der Waals surface area contributed by atoms with Crippen LogP contribution in [-0.4, -0.2) is 15.9 Å². The lowest BCUT2D eigenvalue weighted by Crippen LogP contribution is -2.32. The SMILES string of the molecule is C=c1ccccc1=C1NNC(=Nc2nc(C)cc(C)n2)N1. The molecule has 1 saturated heterocycles. The Balaban J connectivity index is 1.94. The number of guanidine groups is 1. The molecule has 0 saturated carbocycles. The van der Waals surface area contributed by atoms with Crippen molar-refractivity contribution < 1.29 is 0 Å². The van der Waals surface area contributed by atoms with E-state index in [-0.39, 0.29) is 0 Å². The van der Waals surface area contributed by atoms with Gasteiger partial charge in [0.1, 0.15) is 5.82 Å². The molecular weight excluding hydrogens is 264 g/mol. The van der Waals surface area contributed by atoms with Gasteiger partial charge in [-0.25, -0.2) is 9.97 Å². The minimum atomic E-state index is 0.424. The lowest BCUT2D eigenvalue weighted by molar-refractivity contribution is 0.872. The van der Waals surface area contributed by atoms with Crippen LogP contribution in [0.2, 0.25) is 0 Å². The Kier molecular flexibility index (Phi) is 3.27. The molecule has 1 aromatic carbocycles. The number of hydrazine groups is 1. The van der Waals surface area contributed by atoms with Crippen LogP contribution in [0.3, 0.4) is 0 Å². The van der Waals surface area contributed by atoms with E-state index in [2.05, 4.69) is 37.7 Å². The second kappa shape index (κ2) is 5.24. The number of rotatable bonds is 1. The van der Waals surface area contributed by atoms with E-state index in [9.17, 15) is 0 Å². The van der Waals surface area contributed by atoms with Crippen molar-refractivity contribution in [1.82, 2.24) is 26.1 Å². The molecule has 2 aromatic rings. The zero-order chi connectivity index (χ0) is 14.8. The largest absolute Gasteiger partial charge is 0.309 e. The first-order valence-electron chi connectivity index (χ1n) is 6.60. The van der Waals surface area contributed by atoms with Gasteiger partial charge < -0.3 is 5.32 Å². The topological polar surface area (TPSA) is 74.2 Å². The Morgan fingerprint density at radius 1 is 1.05 bits per heavy atom. The van der Waals surface area contributed by atoms with E-state index < -0.39 is 0 Å². The minimum absolute atomic E-state index is 0.424. The Bertz CT molecular complexity index is 804. The first-order chi connectivity index (χ1) is 10.1. The van der Waals surface area contributed by atoms with Gasteiger partial charge >= 0.3 is 0 Å². The van der Waals surface area contributed by atoms with Gasteiger partial charge in [-0.15, -0.1) is 0 Å². The number of aryl methyl sites for hydroxylation is 2. The van der Waals surface area contributed by atoms with Crippen molar-refractivity contribution in [3.8, 4) is 0 Å². The molecular formula is C15H16N6. The summed E-state index contributed by atoms with van der Waals surface area (Å²) in [6.45, 7) is 7.84. The number of nitrogens with zero attached hydrogens (tertiary/aromatic N) is 3. The van der Waals surface area contributed by atoms with Crippen molar-refractivity contribution in [2.75, 3.05) is 0 Å². The van der Waals surface area contributed by atoms with Gasteiger partial charge in [-0.1, -0.05) is 30.8 Å². The first kappa shape index (κ1) is 13.1. The number of aromatic nitrogens is 2. The van der Waals surface area contributed by atoms with Crippen molar-refractivity contribution >= 4 is 24.3 Å². The highest BCUT2D eigenvalue weighted by Gasteiger charge is 2.12. The number of nitrogens with one attached hydrogen (secondary N) is 3. The summed E-state index contributed by atoms with van der Waals surface area (Å²) >= 11 is 0. The highest BCUT2D eigenvalue weighted by Crippen LogP contribution is 2.07. The zero-order valence-electron chi connectivity index (χ0n) is 11.9. The Morgan fingerprint density at radius 3 is 2.48 bits per heavy atom. The zero-order valence-corrected chi connectivity index (χ0v) is 11.9. The molecule has 106 valence electrons. The minimum Gasteiger partial charge on any atom is -0.309 e. The summed E-state index contributed by atoms with van der Waals surface area (Å²) in [5.74, 6) is 1.79. The van der Waals surface area contributed by atoms with Gasteiger partial charge in [0.15, 0.2) is 0 Å². The summed E-state index contributed by atoms with van der Waals surface area (Å²) in [5.41, 5.74) is 7.78. The third kappa shape index (κ3) is 2.84. The van der Waals surface area contributed by atoms with Crippen LogP contribution in [0.1, 0.15) is 11.4 Å². The molecule has 6 nitrogen and oxygen atoms in total. The molecule has 0 radical (unpaired) electrons. The lowest BCUT2D eigenvalue weighted by Gasteiger charge is -1.99. The van der Waals surface area contributed by atoms with Crippen molar-refractivity contribution in [2.24, 2.45) is 4.99 Å². The quantitative estimate of drug-likeness (QED) is 0.683. The molecule has 1 aliphatic rings. The average Bonchev–Trinajstić information content (AvgIpc) is 2.86. The summed E-state index contributed by atoms with van der Waals surface area (Å²) in [6, 6.07) is 9.76. The van der Waals surface area contributed by atoms with Gasteiger partial charge in [0.05, 0.1) is 0 Å². The normalized spacial score (nSPS) is 18.1. The molecule has 3 N–H and O–H groups in total. The highest BCUT2D eigenvalue weighted by molar-refractivity contribution is 5.90. The van der Waals surface area contributed by atoms with Gasteiger partial charge in [-0.3, -0.25) is 10.9 Å². The van der Waals surface area contributed by atoms with Crippen LogP contribution in [0.25, 0.3) is 12.4 Å². The fourth-order valence-corrected chi connectivity index (χ4v) is 2.11. The van der Waals surface area contributed by atoms with Gasteiger partial charge in [0, 0.05) is 16.6 Å². The Hall–Kier alpha value is -2.89. The van der Waals surface area contributed by atoms with E-state index in [1.807, 2.05) is 44.2 Å². The number of benzene rings is 1. The van der Waals surface area contributed by atoms with Crippen molar-refractivity contribution in [3.05, 3.63) is 52.2 Å². The average molecular weight is 280 g/mol. The van der Waals surface area contributed by atoms with Crippen molar-refractivity contribution in [1.29, 1.82) is 0 Å². The molecule has 1 aromatic heterocycles. The molecule has 1 fully saturated rings. The maximum Gasteiger partial charge on any atom is 0.253 e. The first-order valence-corrected chi connectivity index (χ1v) is 6.60. The third-order valence-electron chi connectivity index (χ3n) is 3.02. The molecule has 0 amide bonds. The van der Waals surface area contributed by atoms with Gasteiger partial charge in [0.2, 0.25) is 5.96 Å². The summed E-state index contributed by atoms with van der Waals surface area (Å²) < 4.78 is 0. The van der Waals surface area contributed by atoms with Crippen molar-refractivity contribution in [3.63, 3.8) is 0 Å². The Morgan fingerprint density at radius 2 is 1.76 bits per heavy atom. The molecule has 0 aliphatic carbocycles. The van der Waals surface area contributed by atoms with Gasteiger partial charge in [0.25, 0.3) is 5.95 Å². The van der Waals surface area contributed by atoms with Gasteiger partial charge in [-0.05, 0) is 25.1 Å². The van der Waals surface area contributed by atoms with Crippen LogP contribution >= 0.6 is 0 Å². The standard InChI is InChI=1S/C15H16N6/c1-9-6-4-5-7-12(9)13-18-15(21-20-13)19-14-16-10(2)8-11(3)17-14/h4-8,20H,1H2,2-3H3,(H2,16,17,18,19,21). The van der Waals surface area contributed by atoms with Crippen LogP contribution in [0, 0.1) is 13.8 Å². The van der Waals surface area contributed by atoms with E-state index >= 15 is 0 Å². The van der Waals surface area contributed by atoms with Crippen LogP contribution in [0.4, 0.5) is 5.95 Å². The number of aliphatic imine (C=N–C) groups is 1. The van der Waals surface area contributed by atoms with Gasteiger partial charge in [-0.2, -0.15) is 4.99 Å².